The van der Waals surface area contributed by atoms with Crippen molar-refractivity contribution < 1.29 is 19.8 Å². The molecule has 1 aromatic rings. The summed E-state index contributed by atoms with van der Waals surface area (Å²) in [5, 5.41) is 24.7. The van der Waals surface area contributed by atoms with E-state index in [1.165, 1.54) is 0 Å². The van der Waals surface area contributed by atoms with Crippen LogP contribution in [0.4, 0.5) is 4.79 Å². The third kappa shape index (κ3) is 5.38. The lowest BCUT2D eigenvalue weighted by Crippen LogP contribution is -2.60. The molecule has 7 heteroatoms. The molecule has 7 nitrogen and oxygen atoms in total. The second kappa shape index (κ2) is 9.28. The van der Waals surface area contributed by atoms with Crippen LogP contribution in [-0.2, 0) is 11.3 Å². The average Bonchev–Trinajstić information content (AvgIpc) is 2.66. The minimum atomic E-state index is -1.10. The molecule has 1 unspecified atom stereocenters. The van der Waals surface area contributed by atoms with Crippen LogP contribution in [0.2, 0.25) is 0 Å². The summed E-state index contributed by atoms with van der Waals surface area (Å²) in [4.78, 5) is 11.4. The number of rotatable bonds is 7. The first-order valence-corrected chi connectivity index (χ1v) is 9.78. The van der Waals surface area contributed by atoms with Crippen molar-refractivity contribution >= 4 is 11.9 Å². The van der Waals surface area contributed by atoms with Gasteiger partial charge in [0, 0.05) is 12.6 Å². The molecule has 5 N–H and O–H groups in total. The van der Waals surface area contributed by atoms with Gasteiger partial charge in [0.2, 0.25) is 0 Å². The summed E-state index contributed by atoms with van der Waals surface area (Å²) in [5.74, 6) is 0.471. The third-order valence-corrected chi connectivity index (χ3v) is 5.77. The maximum absolute atomic E-state index is 11.4. The van der Waals surface area contributed by atoms with Crippen LogP contribution in [0, 0.1) is 16.7 Å². The Kier molecular flexibility index (Phi) is 7.29. The highest BCUT2D eigenvalue weighted by atomic mass is 16.5. The van der Waals surface area contributed by atoms with Gasteiger partial charge >= 0.3 is 6.09 Å². The van der Waals surface area contributed by atoms with Gasteiger partial charge in [-0.05, 0) is 42.6 Å². The number of hydrogen-bond donors (Lipinski definition) is 4. The molecule has 0 heterocycles. The summed E-state index contributed by atoms with van der Waals surface area (Å²) in [6.45, 7) is 7.13. The zero-order valence-electron chi connectivity index (χ0n) is 17.0. The zero-order valence-corrected chi connectivity index (χ0v) is 17.0. The van der Waals surface area contributed by atoms with Crippen molar-refractivity contribution in [2.75, 3.05) is 6.61 Å². The predicted octanol–water partition coefficient (Wildman–Crippen LogP) is 3.81. The summed E-state index contributed by atoms with van der Waals surface area (Å²) < 4.78 is 5.89. The van der Waals surface area contributed by atoms with Crippen LogP contribution in [0.1, 0.15) is 52.0 Å². The van der Waals surface area contributed by atoms with E-state index in [4.69, 9.17) is 10.5 Å². The summed E-state index contributed by atoms with van der Waals surface area (Å²) >= 11 is 0. The van der Waals surface area contributed by atoms with Crippen LogP contribution >= 0.6 is 0 Å². The van der Waals surface area contributed by atoms with E-state index in [1.54, 1.807) is 0 Å². The smallest absolute Gasteiger partial charge is 0.404 e. The number of nitrogens with one attached hydrogen (secondary N) is 1. The fraction of sp³-hybridized carbons (Fsp3) is 0.619. The molecule has 1 atom stereocenters. The number of benzene rings is 1. The molecule has 1 saturated carbocycles. The minimum absolute atomic E-state index is 0.102. The number of oxime groups is 1. The Labute approximate surface area is 167 Å². The molecule has 1 aliphatic rings. The van der Waals surface area contributed by atoms with Crippen molar-refractivity contribution in [2.24, 2.45) is 27.6 Å². The van der Waals surface area contributed by atoms with Gasteiger partial charge in [-0.2, -0.15) is 0 Å². The maximum atomic E-state index is 11.4. The average molecular weight is 392 g/mol. The van der Waals surface area contributed by atoms with Gasteiger partial charge in [0.05, 0.1) is 12.0 Å². The number of amides is 1. The Hall–Kier alpha value is -2.28. The highest BCUT2D eigenvalue weighted by molar-refractivity contribution is 5.87. The van der Waals surface area contributed by atoms with Crippen molar-refractivity contribution in [1.82, 2.24) is 5.32 Å². The van der Waals surface area contributed by atoms with Gasteiger partial charge in [0.1, 0.15) is 5.84 Å². The van der Waals surface area contributed by atoms with Crippen molar-refractivity contribution in [3.8, 4) is 0 Å². The van der Waals surface area contributed by atoms with E-state index in [0.29, 0.717) is 32.0 Å². The number of nitrogens with two attached hydrogens (primary N) is 1. The van der Waals surface area contributed by atoms with Crippen LogP contribution in [0.25, 0.3) is 0 Å². The Morgan fingerprint density at radius 1 is 1.32 bits per heavy atom. The zero-order chi connectivity index (χ0) is 20.8. The topological polar surface area (TPSA) is 117 Å². The molecule has 1 amide bonds. The van der Waals surface area contributed by atoms with Gasteiger partial charge in [-0.15, -0.1) is 0 Å². The van der Waals surface area contributed by atoms with Gasteiger partial charge < -0.3 is 26.1 Å². The molecule has 1 aromatic carbocycles. The first-order chi connectivity index (χ1) is 13.2. The fourth-order valence-corrected chi connectivity index (χ4v) is 4.38. The van der Waals surface area contributed by atoms with Crippen LogP contribution in [0.15, 0.2) is 35.5 Å². The molecule has 0 spiro atoms. The highest BCUT2D eigenvalue weighted by Gasteiger charge is 2.50. The molecule has 1 aliphatic carbocycles. The molecular formula is C21H33N3O4. The molecule has 0 aromatic heterocycles. The van der Waals surface area contributed by atoms with Gasteiger partial charge in [-0.3, -0.25) is 0 Å². The van der Waals surface area contributed by atoms with Crippen LogP contribution in [0.3, 0.4) is 0 Å². The number of carbonyl (C=O) groups is 1. The van der Waals surface area contributed by atoms with Crippen molar-refractivity contribution in [2.45, 2.75) is 59.1 Å². The number of amidine groups is 1. The fourth-order valence-electron chi connectivity index (χ4n) is 4.38. The Morgan fingerprint density at radius 2 is 1.93 bits per heavy atom. The monoisotopic (exact) mass is 391 g/mol. The second-order valence-corrected chi connectivity index (χ2v) is 8.83. The normalized spacial score (nSPS) is 24.5. The molecule has 156 valence electrons. The first kappa shape index (κ1) is 22.0. The van der Waals surface area contributed by atoms with Crippen LogP contribution in [0.5, 0.6) is 0 Å². The lowest BCUT2D eigenvalue weighted by Gasteiger charge is -2.49. The van der Waals surface area contributed by atoms with Crippen molar-refractivity contribution in [3.05, 3.63) is 35.9 Å². The highest BCUT2D eigenvalue weighted by Crippen LogP contribution is 2.47. The summed E-state index contributed by atoms with van der Waals surface area (Å²) in [5.41, 5.74) is 6.16. The second-order valence-electron chi connectivity index (χ2n) is 8.83. The van der Waals surface area contributed by atoms with E-state index in [2.05, 4.69) is 10.5 Å². The van der Waals surface area contributed by atoms with Crippen LogP contribution < -0.4 is 11.1 Å². The quantitative estimate of drug-likeness (QED) is 0.244. The molecule has 0 radical (unpaired) electrons. The van der Waals surface area contributed by atoms with Crippen molar-refractivity contribution in [3.63, 3.8) is 0 Å². The SMILES string of the molecule is CC(C)(C)C(NC(=O)O)C1(/C(N)=N\O)CCC(COCc2ccccc2)CC1. The molecule has 0 saturated heterocycles. The molecule has 2 rings (SSSR count). The summed E-state index contributed by atoms with van der Waals surface area (Å²) in [6, 6.07) is 9.58. The number of ether oxygens (including phenoxy) is 1. The molecule has 1 fully saturated rings. The summed E-state index contributed by atoms with van der Waals surface area (Å²) in [7, 11) is 0. The Morgan fingerprint density at radius 3 is 2.43 bits per heavy atom. The molecule has 28 heavy (non-hydrogen) atoms. The Bertz CT molecular complexity index is 662. The van der Waals surface area contributed by atoms with E-state index in [9.17, 15) is 15.1 Å². The van der Waals surface area contributed by atoms with Gasteiger partial charge in [-0.1, -0.05) is 56.3 Å². The van der Waals surface area contributed by atoms with E-state index >= 15 is 0 Å². The Balaban J connectivity index is 2.05. The minimum Gasteiger partial charge on any atom is -0.465 e. The van der Waals surface area contributed by atoms with Gasteiger partial charge in [-0.25, -0.2) is 4.79 Å². The predicted molar refractivity (Wildman–Crippen MR) is 108 cm³/mol. The standard InChI is InChI=1S/C21H33N3O4/c1-20(2,3)17(23-19(25)26)21(18(22)24-27)11-9-16(10-12-21)14-28-13-15-7-5-4-6-8-15/h4-8,16-17,23,27H,9-14H2,1-3H3,(H2,22,24)(H,25,26). The van der Waals surface area contributed by atoms with E-state index in [1.807, 2.05) is 51.1 Å². The lowest BCUT2D eigenvalue weighted by atomic mass is 9.60. The number of nitrogens with zero attached hydrogens (tertiary/aromatic N) is 1. The van der Waals surface area contributed by atoms with Crippen LogP contribution in [-0.4, -0.2) is 34.9 Å². The first-order valence-electron chi connectivity index (χ1n) is 9.78. The summed E-state index contributed by atoms with van der Waals surface area (Å²) in [6.07, 6.45) is 1.85. The van der Waals surface area contributed by atoms with Gasteiger partial charge in [0.25, 0.3) is 0 Å². The van der Waals surface area contributed by atoms with E-state index in [0.717, 1.165) is 18.4 Å². The molecule has 0 aliphatic heterocycles. The molecular weight excluding hydrogens is 358 g/mol. The third-order valence-electron chi connectivity index (χ3n) is 5.77. The largest absolute Gasteiger partial charge is 0.465 e. The van der Waals surface area contributed by atoms with E-state index < -0.39 is 17.6 Å². The molecule has 0 bridgehead atoms. The number of hydrogen-bond acceptors (Lipinski definition) is 4. The van der Waals surface area contributed by atoms with Crippen molar-refractivity contribution in [1.29, 1.82) is 0 Å². The van der Waals surface area contributed by atoms with Gasteiger partial charge in [0.15, 0.2) is 0 Å². The lowest BCUT2D eigenvalue weighted by molar-refractivity contribution is 0.0384. The maximum Gasteiger partial charge on any atom is 0.404 e. The number of carboxylic acid groups (broad SMARTS) is 1. The van der Waals surface area contributed by atoms with E-state index in [-0.39, 0.29) is 11.3 Å².